The molecule has 1 heterocycles. The van der Waals surface area contributed by atoms with Crippen LogP contribution < -0.4 is 5.32 Å². The van der Waals surface area contributed by atoms with Gasteiger partial charge >= 0.3 is 12.0 Å². The number of hydrogen-bond donors (Lipinski definition) is 3. The molecule has 4 aromatic rings. The minimum atomic E-state index is -0.936. The number of aromatic carboxylic acids is 1. The van der Waals surface area contributed by atoms with E-state index in [9.17, 15) is 14.7 Å². The first-order chi connectivity index (χ1) is 18.5. The predicted molar refractivity (Wildman–Crippen MR) is 151 cm³/mol. The highest BCUT2D eigenvalue weighted by Crippen LogP contribution is 2.41. The van der Waals surface area contributed by atoms with Crippen LogP contribution in [0, 0.1) is 0 Å². The van der Waals surface area contributed by atoms with Crippen LogP contribution in [0.2, 0.25) is 0 Å². The first-order valence-electron chi connectivity index (χ1n) is 12.5. The maximum Gasteiger partial charge on any atom is 0.364 e. The second-order valence-corrected chi connectivity index (χ2v) is 9.97. The van der Waals surface area contributed by atoms with Crippen molar-refractivity contribution in [2.24, 2.45) is 10.2 Å². The Bertz CT molecular complexity index is 1430. The lowest BCUT2D eigenvalue weighted by Crippen LogP contribution is -2.04. The van der Waals surface area contributed by atoms with Crippen molar-refractivity contribution in [1.82, 2.24) is 4.57 Å². The molecule has 0 radical (unpaired) electrons. The van der Waals surface area contributed by atoms with Gasteiger partial charge in [-0.25, -0.2) is 9.59 Å². The number of urea groups is 1. The SMILES string of the molecule is CCCCCn1c(O)c(N=NC(=O)Nc2ccccc2)c2cc(SCCc3ccc(C(=O)O)cc3)ccc21. The van der Waals surface area contributed by atoms with E-state index in [0.29, 0.717) is 12.2 Å². The topological polar surface area (TPSA) is 116 Å². The highest BCUT2D eigenvalue weighted by atomic mass is 32.2. The number of nitrogens with one attached hydrogen (secondary N) is 1. The number of anilines is 1. The number of benzene rings is 3. The van der Waals surface area contributed by atoms with E-state index in [-0.39, 0.29) is 17.1 Å². The number of azo groups is 1. The first-order valence-corrected chi connectivity index (χ1v) is 13.5. The van der Waals surface area contributed by atoms with Gasteiger partial charge in [0.2, 0.25) is 5.88 Å². The molecule has 0 spiro atoms. The summed E-state index contributed by atoms with van der Waals surface area (Å²) in [5.41, 5.74) is 3.05. The van der Waals surface area contributed by atoms with Gasteiger partial charge in [0.15, 0.2) is 5.69 Å². The maximum atomic E-state index is 12.4. The number of nitrogens with zero attached hydrogens (tertiary/aromatic N) is 3. The number of aromatic hydroxyl groups is 1. The van der Waals surface area contributed by atoms with Crippen molar-refractivity contribution in [3.05, 3.63) is 83.9 Å². The van der Waals surface area contributed by atoms with E-state index in [0.717, 1.165) is 52.8 Å². The standard InChI is InChI=1S/C29H30N4O4S/c1-2-3-7-17-33-25-15-14-23(38-18-16-20-10-12-21(13-11-20)28(35)36)19-24(25)26(27(33)34)31-32-29(37)30-22-8-5-4-6-9-22/h4-6,8-15,19,34H,2-3,7,16-18H2,1H3,(H,30,37)(H,35,36). The Morgan fingerprint density at radius 1 is 1.00 bits per heavy atom. The number of fused-ring (bicyclic) bond motifs is 1. The van der Waals surface area contributed by atoms with Crippen LogP contribution in [0.25, 0.3) is 10.9 Å². The number of amides is 2. The average Bonchev–Trinajstić information content (AvgIpc) is 3.18. The Balaban J connectivity index is 1.53. The number of aromatic nitrogens is 1. The smallest absolute Gasteiger partial charge is 0.364 e. The second kappa shape index (κ2) is 12.9. The molecule has 2 amide bonds. The molecule has 196 valence electrons. The second-order valence-electron chi connectivity index (χ2n) is 8.81. The van der Waals surface area contributed by atoms with E-state index in [2.05, 4.69) is 22.5 Å². The summed E-state index contributed by atoms with van der Waals surface area (Å²) < 4.78 is 1.83. The van der Waals surface area contributed by atoms with E-state index >= 15 is 0 Å². The van der Waals surface area contributed by atoms with Gasteiger partial charge in [0.1, 0.15) is 0 Å². The molecule has 0 aliphatic carbocycles. The van der Waals surface area contributed by atoms with Crippen molar-refractivity contribution in [3.8, 4) is 5.88 Å². The molecule has 0 aliphatic rings. The lowest BCUT2D eigenvalue weighted by molar-refractivity contribution is 0.0697. The quantitative estimate of drug-likeness (QED) is 0.104. The fourth-order valence-electron chi connectivity index (χ4n) is 4.10. The van der Waals surface area contributed by atoms with E-state index in [1.54, 1.807) is 36.0 Å². The molecule has 38 heavy (non-hydrogen) atoms. The van der Waals surface area contributed by atoms with Crippen molar-refractivity contribution in [2.45, 2.75) is 44.0 Å². The van der Waals surface area contributed by atoms with Gasteiger partial charge in [0.25, 0.3) is 0 Å². The van der Waals surface area contributed by atoms with Gasteiger partial charge in [-0.3, -0.25) is 0 Å². The van der Waals surface area contributed by atoms with Gasteiger partial charge in [0, 0.05) is 28.3 Å². The number of unbranched alkanes of at least 4 members (excludes halogenated alkanes) is 2. The maximum absolute atomic E-state index is 12.4. The molecule has 0 unspecified atom stereocenters. The van der Waals surface area contributed by atoms with Gasteiger partial charge in [-0.05, 0) is 60.9 Å². The third-order valence-electron chi connectivity index (χ3n) is 6.09. The molecule has 0 saturated carbocycles. The number of para-hydroxylation sites is 1. The van der Waals surface area contributed by atoms with Crippen LogP contribution >= 0.6 is 11.8 Å². The monoisotopic (exact) mass is 530 g/mol. The van der Waals surface area contributed by atoms with Gasteiger partial charge in [-0.15, -0.1) is 16.9 Å². The van der Waals surface area contributed by atoms with E-state index in [1.807, 2.05) is 53.1 Å². The summed E-state index contributed by atoms with van der Waals surface area (Å²) in [6, 6.07) is 21.2. The zero-order chi connectivity index (χ0) is 26.9. The summed E-state index contributed by atoms with van der Waals surface area (Å²) >= 11 is 1.65. The Morgan fingerprint density at radius 2 is 1.76 bits per heavy atom. The minimum Gasteiger partial charge on any atom is -0.493 e. The molecular weight excluding hydrogens is 500 g/mol. The first kappa shape index (κ1) is 26.9. The van der Waals surface area contributed by atoms with Crippen LogP contribution in [0.1, 0.15) is 42.1 Å². The van der Waals surface area contributed by atoms with Crippen molar-refractivity contribution < 1.29 is 19.8 Å². The number of carbonyl (C=O) groups is 2. The summed E-state index contributed by atoms with van der Waals surface area (Å²) in [5.74, 6) is -0.153. The number of carboxylic acids is 1. The van der Waals surface area contributed by atoms with Crippen molar-refractivity contribution in [1.29, 1.82) is 0 Å². The zero-order valence-corrected chi connectivity index (χ0v) is 21.9. The number of thioether (sulfide) groups is 1. The number of carbonyl (C=O) groups excluding carboxylic acids is 1. The van der Waals surface area contributed by atoms with Crippen molar-refractivity contribution >= 4 is 46.0 Å². The third kappa shape index (κ3) is 6.80. The summed E-state index contributed by atoms with van der Waals surface area (Å²) in [5, 5.41) is 31.5. The molecule has 0 aliphatic heterocycles. The molecule has 3 aromatic carbocycles. The molecule has 8 nitrogen and oxygen atoms in total. The molecule has 4 rings (SSSR count). The predicted octanol–water partition coefficient (Wildman–Crippen LogP) is 7.89. The van der Waals surface area contributed by atoms with Crippen LogP contribution in [0.15, 0.2) is 87.9 Å². The molecular formula is C29H30N4O4S. The van der Waals surface area contributed by atoms with Crippen LogP contribution in [0.3, 0.4) is 0 Å². The van der Waals surface area contributed by atoms with E-state index in [4.69, 9.17) is 5.11 Å². The molecule has 9 heteroatoms. The van der Waals surface area contributed by atoms with Crippen molar-refractivity contribution in [2.75, 3.05) is 11.1 Å². The van der Waals surface area contributed by atoms with Gasteiger partial charge in [-0.2, -0.15) is 0 Å². The molecule has 0 atom stereocenters. The zero-order valence-electron chi connectivity index (χ0n) is 21.1. The third-order valence-corrected chi connectivity index (χ3v) is 7.09. The summed E-state index contributed by atoms with van der Waals surface area (Å²) in [6.45, 7) is 2.77. The van der Waals surface area contributed by atoms with E-state index < -0.39 is 12.0 Å². The van der Waals surface area contributed by atoms with Crippen molar-refractivity contribution in [3.63, 3.8) is 0 Å². The molecule has 0 bridgehead atoms. The Kier molecular flexibility index (Phi) is 9.16. The van der Waals surface area contributed by atoms with E-state index in [1.165, 1.54) is 0 Å². The van der Waals surface area contributed by atoms with Crippen LogP contribution in [0.5, 0.6) is 5.88 Å². The lowest BCUT2D eigenvalue weighted by atomic mass is 10.1. The number of aryl methyl sites for hydroxylation is 2. The Morgan fingerprint density at radius 3 is 2.47 bits per heavy atom. The van der Waals surface area contributed by atoms with Gasteiger partial charge in [-0.1, -0.05) is 55.2 Å². The van der Waals surface area contributed by atoms with Crippen LogP contribution in [0.4, 0.5) is 16.2 Å². The summed E-state index contributed by atoms with van der Waals surface area (Å²) in [7, 11) is 0. The molecule has 3 N–H and O–H groups in total. The molecule has 1 aromatic heterocycles. The number of hydrogen-bond acceptors (Lipinski definition) is 5. The normalized spacial score (nSPS) is 11.3. The van der Waals surface area contributed by atoms with Gasteiger partial charge < -0.3 is 20.1 Å². The molecule has 0 fully saturated rings. The number of rotatable bonds is 11. The highest BCUT2D eigenvalue weighted by Gasteiger charge is 2.18. The minimum absolute atomic E-state index is 0.00645. The molecule has 0 saturated heterocycles. The Labute approximate surface area is 225 Å². The van der Waals surface area contributed by atoms with Crippen LogP contribution in [-0.2, 0) is 13.0 Å². The summed E-state index contributed by atoms with van der Waals surface area (Å²) in [4.78, 5) is 24.4. The van der Waals surface area contributed by atoms with Crippen LogP contribution in [-0.4, -0.2) is 32.5 Å². The lowest BCUT2D eigenvalue weighted by Gasteiger charge is -2.07. The fraction of sp³-hybridized carbons (Fsp3) is 0.241. The summed E-state index contributed by atoms with van der Waals surface area (Å²) in [6.07, 6.45) is 3.79. The Hall–Kier alpha value is -4.11. The fourth-order valence-corrected chi connectivity index (χ4v) is 5.04. The number of carboxylic acid groups (broad SMARTS) is 1. The van der Waals surface area contributed by atoms with Gasteiger partial charge in [0.05, 0.1) is 11.1 Å². The average molecular weight is 531 g/mol. The highest BCUT2D eigenvalue weighted by molar-refractivity contribution is 7.99. The largest absolute Gasteiger partial charge is 0.493 e.